The maximum Gasteiger partial charge on any atom is 0.239 e. The van der Waals surface area contributed by atoms with E-state index >= 15 is 0 Å². The Balaban J connectivity index is 0.00000110. The number of piperidine rings is 2. The van der Waals surface area contributed by atoms with E-state index in [0.717, 1.165) is 26.1 Å². The minimum atomic E-state index is 0. The van der Waals surface area contributed by atoms with Crippen LogP contribution in [0.1, 0.15) is 44.9 Å². The molecule has 3 aliphatic rings. The van der Waals surface area contributed by atoms with Crippen molar-refractivity contribution in [2.24, 2.45) is 0 Å². The first-order valence-corrected chi connectivity index (χ1v) is 8.11. The van der Waals surface area contributed by atoms with Crippen molar-refractivity contribution < 1.29 is 4.79 Å². The van der Waals surface area contributed by atoms with Crippen molar-refractivity contribution in [3.05, 3.63) is 0 Å². The van der Waals surface area contributed by atoms with Gasteiger partial charge in [0, 0.05) is 19.1 Å². The SMILES string of the molecule is Cl.Cl.O=C([C@H]1CCCCN1)N1CCCC(N2CCCC2)C1. The second kappa shape index (κ2) is 9.19. The van der Waals surface area contributed by atoms with Gasteiger partial charge in [0.05, 0.1) is 6.04 Å². The van der Waals surface area contributed by atoms with Gasteiger partial charge in [0.15, 0.2) is 0 Å². The molecule has 0 radical (unpaired) electrons. The number of halogens is 2. The second-order valence-corrected chi connectivity index (χ2v) is 6.33. The van der Waals surface area contributed by atoms with Crippen molar-refractivity contribution in [3.63, 3.8) is 0 Å². The highest BCUT2D eigenvalue weighted by molar-refractivity contribution is 5.85. The van der Waals surface area contributed by atoms with E-state index in [2.05, 4.69) is 15.1 Å². The van der Waals surface area contributed by atoms with Crippen LogP contribution in [0.5, 0.6) is 0 Å². The highest BCUT2D eigenvalue weighted by Crippen LogP contribution is 2.21. The average Bonchev–Trinajstić information content (AvgIpc) is 3.02. The summed E-state index contributed by atoms with van der Waals surface area (Å²) in [4.78, 5) is 17.3. The molecule has 21 heavy (non-hydrogen) atoms. The molecule has 3 aliphatic heterocycles. The van der Waals surface area contributed by atoms with Gasteiger partial charge in [0.1, 0.15) is 0 Å². The van der Waals surface area contributed by atoms with Gasteiger partial charge in [-0.15, -0.1) is 24.8 Å². The highest BCUT2D eigenvalue weighted by atomic mass is 35.5. The zero-order chi connectivity index (χ0) is 13.1. The molecule has 1 N–H and O–H groups in total. The third kappa shape index (κ3) is 4.72. The fourth-order valence-electron chi connectivity index (χ4n) is 3.84. The van der Waals surface area contributed by atoms with Crippen molar-refractivity contribution >= 4 is 30.7 Å². The first kappa shape index (κ1) is 19.0. The quantitative estimate of drug-likeness (QED) is 0.837. The Kier molecular flexibility index (Phi) is 8.32. The van der Waals surface area contributed by atoms with E-state index in [9.17, 15) is 4.79 Å². The van der Waals surface area contributed by atoms with E-state index in [-0.39, 0.29) is 30.9 Å². The molecule has 0 bridgehead atoms. The molecule has 0 spiro atoms. The fourth-order valence-corrected chi connectivity index (χ4v) is 3.84. The summed E-state index contributed by atoms with van der Waals surface area (Å²) in [5, 5.41) is 3.40. The van der Waals surface area contributed by atoms with E-state index in [1.807, 2.05) is 0 Å². The van der Waals surface area contributed by atoms with Crippen LogP contribution in [0.3, 0.4) is 0 Å². The van der Waals surface area contributed by atoms with Crippen LogP contribution in [0.2, 0.25) is 0 Å². The maximum absolute atomic E-state index is 12.6. The van der Waals surface area contributed by atoms with Gasteiger partial charge in [0.25, 0.3) is 0 Å². The highest BCUT2D eigenvalue weighted by Gasteiger charge is 2.32. The average molecular weight is 338 g/mol. The summed E-state index contributed by atoms with van der Waals surface area (Å²) < 4.78 is 0. The van der Waals surface area contributed by atoms with Crippen LogP contribution in [-0.2, 0) is 4.79 Å². The van der Waals surface area contributed by atoms with Gasteiger partial charge in [-0.1, -0.05) is 6.42 Å². The second-order valence-electron chi connectivity index (χ2n) is 6.33. The standard InChI is InChI=1S/C15H27N3O.2ClH/c19-15(14-7-1-2-8-16-14)18-11-5-6-13(12-18)17-9-3-4-10-17;;/h13-14,16H,1-12H2;2*1H/t13?,14-;;/m1../s1. The van der Waals surface area contributed by atoms with Crippen LogP contribution in [0.4, 0.5) is 0 Å². The minimum Gasteiger partial charge on any atom is -0.340 e. The third-order valence-corrected chi connectivity index (χ3v) is 4.97. The number of hydrogen-bond donors (Lipinski definition) is 1. The van der Waals surface area contributed by atoms with Crippen LogP contribution in [0.25, 0.3) is 0 Å². The summed E-state index contributed by atoms with van der Waals surface area (Å²) in [6.45, 7) is 5.45. The molecule has 1 unspecified atom stereocenters. The number of amides is 1. The molecule has 6 heteroatoms. The third-order valence-electron chi connectivity index (χ3n) is 4.97. The molecule has 0 saturated carbocycles. The Morgan fingerprint density at radius 3 is 2.33 bits per heavy atom. The molecule has 0 aromatic heterocycles. The molecule has 0 aromatic rings. The van der Waals surface area contributed by atoms with Crippen molar-refractivity contribution in [1.82, 2.24) is 15.1 Å². The molecule has 2 atom stereocenters. The number of nitrogens with zero attached hydrogens (tertiary/aromatic N) is 2. The van der Waals surface area contributed by atoms with Crippen LogP contribution in [0, 0.1) is 0 Å². The fraction of sp³-hybridized carbons (Fsp3) is 0.933. The van der Waals surface area contributed by atoms with E-state index in [0.29, 0.717) is 11.9 Å². The topological polar surface area (TPSA) is 35.6 Å². The molecule has 0 aliphatic carbocycles. The molecular formula is C15H29Cl2N3O. The first-order chi connectivity index (χ1) is 9.34. The molecule has 0 aromatic carbocycles. The zero-order valence-corrected chi connectivity index (χ0v) is 14.4. The summed E-state index contributed by atoms with van der Waals surface area (Å²) in [5.41, 5.74) is 0. The van der Waals surface area contributed by atoms with Gasteiger partial charge in [0.2, 0.25) is 5.91 Å². The molecule has 3 saturated heterocycles. The first-order valence-electron chi connectivity index (χ1n) is 8.11. The van der Waals surface area contributed by atoms with Gasteiger partial charge in [-0.25, -0.2) is 0 Å². The van der Waals surface area contributed by atoms with E-state index in [4.69, 9.17) is 0 Å². The van der Waals surface area contributed by atoms with Crippen molar-refractivity contribution in [2.45, 2.75) is 57.0 Å². The lowest BCUT2D eigenvalue weighted by molar-refractivity contribution is -0.136. The number of carbonyl (C=O) groups is 1. The Hall–Kier alpha value is -0.0300. The smallest absolute Gasteiger partial charge is 0.239 e. The molecular weight excluding hydrogens is 309 g/mol. The van der Waals surface area contributed by atoms with E-state index < -0.39 is 0 Å². The molecule has 1 amide bonds. The number of likely N-dealkylation sites (tertiary alicyclic amines) is 2. The molecule has 4 nitrogen and oxygen atoms in total. The van der Waals surface area contributed by atoms with Crippen molar-refractivity contribution in [1.29, 1.82) is 0 Å². The Labute approximate surface area is 140 Å². The largest absolute Gasteiger partial charge is 0.340 e. The predicted octanol–water partition coefficient (Wildman–Crippen LogP) is 2.06. The maximum atomic E-state index is 12.6. The number of carbonyl (C=O) groups excluding carboxylic acids is 1. The molecule has 124 valence electrons. The van der Waals surface area contributed by atoms with Gasteiger partial charge < -0.3 is 10.2 Å². The molecule has 3 rings (SSSR count). The summed E-state index contributed by atoms with van der Waals surface area (Å²) in [6.07, 6.45) is 8.60. The summed E-state index contributed by atoms with van der Waals surface area (Å²) in [6, 6.07) is 0.731. The van der Waals surface area contributed by atoms with Gasteiger partial charge in [-0.3, -0.25) is 9.69 Å². The zero-order valence-electron chi connectivity index (χ0n) is 12.8. The van der Waals surface area contributed by atoms with Crippen LogP contribution < -0.4 is 5.32 Å². The van der Waals surface area contributed by atoms with E-state index in [1.165, 1.54) is 51.6 Å². The summed E-state index contributed by atoms with van der Waals surface area (Å²) >= 11 is 0. The van der Waals surface area contributed by atoms with Crippen LogP contribution >= 0.6 is 24.8 Å². The number of nitrogens with one attached hydrogen (secondary N) is 1. The Morgan fingerprint density at radius 2 is 1.67 bits per heavy atom. The van der Waals surface area contributed by atoms with Gasteiger partial charge >= 0.3 is 0 Å². The van der Waals surface area contributed by atoms with Crippen molar-refractivity contribution in [2.75, 3.05) is 32.7 Å². The lowest BCUT2D eigenvalue weighted by Gasteiger charge is -2.39. The monoisotopic (exact) mass is 337 g/mol. The molecule has 3 fully saturated rings. The van der Waals surface area contributed by atoms with Crippen LogP contribution in [0.15, 0.2) is 0 Å². The molecule has 3 heterocycles. The number of rotatable bonds is 2. The van der Waals surface area contributed by atoms with Crippen molar-refractivity contribution in [3.8, 4) is 0 Å². The normalized spacial score (nSPS) is 30.4. The van der Waals surface area contributed by atoms with Gasteiger partial charge in [-0.05, 0) is 58.2 Å². The lowest BCUT2D eigenvalue weighted by atomic mass is 10.00. The van der Waals surface area contributed by atoms with Crippen LogP contribution in [-0.4, -0.2) is 60.5 Å². The summed E-state index contributed by atoms with van der Waals surface area (Å²) in [5.74, 6) is 0.364. The lowest BCUT2D eigenvalue weighted by Crippen LogP contribution is -2.54. The van der Waals surface area contributed by atoms with E-state index in [1.54, 1.807) is 0 Å². The summed E-state index contributed by atoms with van der Waals surface area (Å²) in [7, 11) is 0. The predicted molar refractivity (Wildman–Crippen MR) is 90.5 cm³/mol. The Morgan fingerprint density at radius 1 is 0.905 bits per heavy atom. The minimum absolute atomic E-state index is 0. The van der Waals surface area contributed by atoms with Gasteiger partial charge in [-0.2, -0.15) is 0 Å². The number of hydrogen-bond acceptors (Lipinski definition) is 3. The Bertz CT molecular complexity index is 318.